The van der Waals surface area contributed by atoms with Gasteiger partial charge in [0, 0.05) is 31.6 Å². The fourth-order valence-electron chi connectivity index (χ4n) is 4.15. The van der Waals surface area contributed by atoms with Crippen LogP contribution < -0.4 is 5.32 Å². The molecule has 2 heterocycles. The summed E-state index contributed by atoms with van der Waals surface area (Å²) in [6.45, 7) is 2.70. The first-order valence-electron chi connectivity index (χ1n) is 10.6. The molecule has 2 aliphatic rings. The summed E-state index contributed by atoms with van der Waals surface area (Å²) in [5, 5.41) is 2.85. The summed E-state index contributed by atoms with van der Waals surface area (Å²) < 4.78 is 0. The van der Waals surface area contributed by atoms with Gasteiger partial charge in [0.15, 0.2) is 0 Å². The lowest BCUT2D eigenvalue weighted by atomic mass is 9.95. The summed E-state index contributed by atoms with van der Waals surface area (Å²) in [5.74, 6) is -0.410. The molecule has 156 valence electrons. The molecule has 0 aromatic heterocycles. The lowest BCUT2D eigenvalue weighted by Gasteiger charge is -2.28. The van der Waals surface area contributed by atoms with Crippen LogP contribution in [-0.2, 0) is 29.0 Å². The van der Waals surface area contributed by atoms with Crippen LogP contribution in [0.1, 0.15) is 42.9 Å². The van der Waals surface area contributed by atoms with E-state index in [2.05, 4.69) is 12.2 Å². The minimum Gasteiger partial charge on any atom is -0.326 e. The van der Waals surface area contributed by atoms with Crippen molar-refractivity contribution in [3.05, 3.63) is 65.2 Å². The summed E-state index contributed by atoms with van der Waals surface area (Å²) in [5.41, 5.74) is 4.17. The van der Waals surface area contributed by atoms with Crippen molar-refractivity contribution >= 4 is 23.5 Å². The van der Waals surface area contributed by atoms with Crippen molar-refractivity contribution in [2.45, 2.75) is 51.6 Å². The van der Waals surface area contributed by atoms with E-state index in [9.17, 15) is 14.4 Å². The van der Waals surface area contributed by atoms with Crippen LogP contribution in [0.25, 0.3) is 0 Å². The molecule has 0 saturated carbocycles. The van der Waals surface area contributed by atoms with Crippen molar-refractivity contribution in [3.8, 4) is 0 Å². The van der Waals surface area contributed by atoms with Gasteiger partial charge >= 0.3 is 6.03 Å². The van der Waals surface area contributed by atoms with E-state index in [1.54, 1.807) is 4.90 Å². The van der Waals surface area contributed by atoms with E-state index < -0.39 is 6.04 Å². The van der Waals surface area contributed by atoms with Gasteiger partial charge in [0.1, 0.15) is 6.04 Å². The quantitative estimate of drug-likeness (QED) is 0.714. The van der Waals surface area contributed by atoms with Gasteiger partial charge in [-0.1, -0.05) is 49.7 Å². The number of anilines is 1. The van der Waals surface area contributed by atoms with Gasteiger partial charge in [-0.2, -0.15) is 0 Å². The molecule has 4 rings (SSSR count). The van der Waals surface area contributed by atoms with Gasteiger partial charge in [0.2, 0.25) is 5.91 Å². The molecule has 0 radical (unpaired) electrons. The van der Waals surface area contributed by atoms with Crippen molar-refractivity contribution in [1.82, 2.24) is 9.80 Å². The highest BCUT2D eigenvalue weighted by Gasteiger charge is 2.46. The predicted octanol–water partition coefficient (Wildman–Crippen LogP) is 3.75. The Kier molecular flexibility index (Phi) is 5.84. The molecule has 1 N–H and O–H groups in total. The van der Waals surface area contributed by atoms with Crippen LogP contribution in [0.5, 0.6) is 0 Å². The van der Waals surface area contributed by atoms with E-state index >= 15 is 0 Å². The van der Waals surface area contributed by atoms with E-state index in [1.165, 1.54) is 10.5 Å². The Morgan fingerprint density at radius 1 is 1.07 bits per heavy atom. The van der Waals surface area contributed by atoms with Crippen molar-refractivity contribution < 1.29 is 14.4 Å². The number of unbranched alkanes of at least 4 members (excludes halogenated alkanes) is 1. The number of urea groups is 1. The summed E-state index contributed by atoms with van der Waals surface area (Å²) in [6.07, 6.45) is 3.95. The molecule has 6 nitrogen and oxygen atoms in total. The topological polar surface area (TPSA) is 69.7 Å². The van der Waals surface area contributed by atoms with Crippen molar-refractivity contribution in [2.24, 2.45) is 0 Å². The van der Waals surface area contributed by atoms with Gasteiger partial charge in [0.05, 0.1) is 0 Å². The normalized spacial score (nSPS) is 17.7. The first kappa shape index (κ1) is 20.1. The number of amides is 4. The maximum atomic E-state index is 12.8. The fraction of sp³-hybridized carbons (Fsp3) is 0.375. The molecule has 0 aliphatic carbocycles. The zero-order valence-electron chi connectivity index (χ0n) is 17.3. The lowest BCUT2D eigenvalue weighted by Crippen LogP contribution is -2.39. The maximum absolute atomic E-state index is 12.8. The number of nitrogens with zero attached hydrogens (tertiary/aromatic N) is 2. The summed E-state index contributed by atoms with van der Waals surface area (Å²) in [7, 11) is 0. The Bertz CT molecular complexity index is 911. The maximum Gasteiger partial charge on any atom is 0.327 e. The van der Waals surface area contributed by atoms with Crippen LogP contribution in [0, 0.1) is 0 Å². The van der Waals surface area contributed by atoms with Crippen molar-refractivity contribution in [3.63, 3.8) is 0 Å². The Labute approximate surface area is 176 Å². The van der Waals surface area contributed by atoms with Crippen LogP contribution in [0.4, 0.5) is 10.5 Å². The number of benzene rings is 2. The number of aryl methyl sites for hydroxylation is 1. The molecule has 4 amide bonds. The molecule has 0 spiro atoms. The number of nitrogens with one attached hydrogen (secondary N) is 1. The molecule has 30 heavy (non-hydrogen) atoms. The number of carbonyl (C=O) groups is 3. The van der Waals surface area contributed by atoms with E-state index in [0.717, 1.165) is 36.1 Å². The van der Waals surface area contributed by atoms with E-state index in [-0.39, 0.29) is 30.8 Å². The second-order valence-corrected chi connectivity index (χ2v) is 7.99. The van der Waals surface area contributed by atoms with Crippen molar-refractivity contribution in [1.29, 1.82) is 0 Å². The van der Waals surface area contributed by atoms with Gasteiger partial charge < -0.3 is 10.2 Å². The van der Waals surface area contributed by atoms with Crippen LogP contribution in [-0.4, -0.2) is 40.2 Å². The van der Waals surface area contributed by atoms with E-state index in [1.807, 2.05) is 48.5 Å². The molecule has 2 aliphatic heterocycles. The molecule has 0 bridgehead atoms. The standard InChI is InChI=1S/C24H27N3O3/c1-2-3-6-17-9-11-20(12-10-17)25-22(28)13-14-26-23(29)21-15-18-7-4-5-8-19(18)16-27(21)24(26)30/h4-5,7-12,21H,2-3,6,13-16H2,1H3,(H,25,28). The minimum absolute atomic E-state index is 0.0859. The minimum atomic E-state index is -0.453. The molecular formula is C24H27N3O3. The van der Waals surface area contributed by atoms with E-state index in [0.29, 0.717) is 13.0 Å². The lowest BCUT2D eigenvalue weighted by molar-refractivity contribution is -0.128. The van der Waals surface area contributed by atoms with Gasteiger partial charge in [0.25, 0.3) is 5.91 Å². The number of carbonyl (C=O) groups excluding carboxylic acids is 3. The second kappa shape index (κ2) is 8.69. The average molecular weight is 405 g/mol. The summed E-state index contributed by atoms with van der Waals surface area (Å²) in [6, 6.07) is 15.0. The number of hydrogen-bond acceptors (Lipinski definition) is 3. The highest BCUT2D eigenvalue weighted by molar-refractivity contribution is 6.05. The van der Waals surface area contributed by atoms with Crippen LogP contribution in [0.3, 0.4) is 0 Å². The van der Waals surface area contributed by atoms with Crippen LogP contribution >= 0.6 is 0 Å². The van der Waals surface area contributed by atoms with Crippen molar-refractivity contribution in [2.75, 3.05) is 11.9 Å². The molecule has 1 fully saturated rings. The first-order chi connectivity index (χ1) is 14.6. The Morgan fingerprint density at radius 3 is 2.53 bits per heavy atom. The average Bonchev–Trinajstić information content (AvgIpc) is 2.99. The monoisotopic (exact) mass is 405 g/mol. The number of hydrogen-bond donors (Lipinski definition) is 1. The number of rotatable bonds is 7. The molecular weight excluding hydrogens is 378 g/mol. The molecule has 2 aromatic carbocycles. The highest BCUT2D eigenvalue weighted by Crippen LogP contribution is 2.30. The third-order valence-electron chi connectivity index (χ3n) is 5.90. The van der Waals surface area contributed by atoms with Gasteiger partial charge in [-0.25, -0.2) is 4.79 Å². The largest absolute Gasteiger partial charge is 0.327 e. The second-order valence-electron chi connectivity index (χ2n) is 7.99. The zero-order valence-corrected chi connectivity index (χ0v) is 17.3. The SMILES string of the molecule is CCCCc1ccc(NC(=O)CCN2C(=O)C3Cc4ccccc4CN3C2=O)cc1. The zero-order chi connectivity index (χ0) is 21.1. The Balaban J connectivity index is 1.32. The molecule has 1 saturated heterocycles. The molecule has 2 aromatic rings. The fourth-order valence-corrected chi connectivity index (χ4v) is 4.15. The summed E-state index contributed by atoms with van der Waals surface area (Å²) in [4.78, 5) is 40.7. The van der Waals surface area contributed by atoms with Gasteiger partial charge in [-0.15, -0.1) is 0 Å². The predicted molar refractivity (Wildman–Crippen MR) is 115 cm³/mol. The molecule has 1 atom stereocenters. The van der Waals surface area contributed by atoms with E-state index in [4.69, 9.17) is 0 Å². The Hall–Kier alpha value is -3.15. The van der Waals surface area contributed by atoms with Crippen LogP contribution in [0.15, 0.2) is 48.5 Å². The first-order valence-corrected chi connectivity index (χ1v) is 10.6. The molecule has 1 unspecified atom stereocenters. The van der Waals surface area contributed by atoms with Gasteiger partial charge in [-0.3, -0.25) is 14.5 Å². The van der Waals surface area contributed by atoms with Gasteiger partial charge in [-0.05, 0) is 41.7 Å². The molecule has 6 heteroatoms. The highest BCUT2D eigenvalue weighted by atomic mass is 16.2. The third kappa shape index (κ3) is 4.08. The number of imide groups is 1. The number of fused-ring (bicyclic) bond motifs is 2. The smallest absolute Gasteiger partial charge is 0.326 e. The Morgan fingerprint density at radius 2 is 1.80 bits per heavy atom. The van der Waals surface area contributed by atoms with Crippen LogP contribution in [0.2, 0.25) is 0 Å². The summed E-state index contributed by atoms with van der Waals surface area (Å²) >= 11 is 0. The third-order valence-corrected chi connectivity index (χ3v) is 5.90.